The number of carbonyl (C=O) groups excluding carboxylic acids is 2. The Bertz CT molecular complexity index is 1370. The van der Waals surface area contributed by atoms with Crippen molar-refractivity contribution < 1.29 is 14.7 Å². The van der Waals surface area contributed by atoms with Gasteiger partial charge in [0.1, 0.15) is 0 Å². The molecule has 37 heavy (non-hydrogen) atoms. The summed E-state index contributed by atoms with van der Waals surface area (Å²) in [4.78, 5) is 54.4. The smallest absolute Gasteiger partial charge is 0.334 e. The van der Waals surface area contributed by atoms with Crippen LogP contribution in [0.5, 0.6) is 5.88 Å². The summed E-state index contributed by atoms with van der Waals surface area (Å²) in [5.74, 6) is -1.30. The fourth-order valence-electron chi connectivity index (χ4n) is 6.14. The third kappa shape index (κ3) is 4.12. The number of benzene rings is 1. The van der Waals surface area contributed by atoms with E-state index in [4.69, 9.17) is 0 Å². The number of carbonyl (C=O) groups is 2. The first-order valence-electron chi connectivity index (χ1n) is 13.4. The maximum Gasteiger partial charge on any atom is 0.334 e. The Morgan fingerprint density at radius 3 is 2.05 bits per heavy atom. The molecule has 5 rings (SSSR count). The summed E-state index contributed by atoms with van der Waals surface area (Å²) in [6, 6.07) is 4.09. The maximum absolute atomic E-state index is 13.5. The number of hydrogen-bond acceptors (Lipinski definition) is 7. The third-order valence-electron chi connectivity index (χ3n) is 8.14. The molecule has 10 heteroatoms. The van der Waals surface area contributed by atoms with Gasteiger partial charge in [-0.1, -0.05) is 45.6 Å². The normalized spacial score (nSPS) is 18.7. The lowest BCUT2D eigenvalue weighted by Gasteiger charge is -2.23. The van der Waals surface area contributed by atoms with Crippen LogP contribution in [-0.4, -0.2) is 37.0 Å². The highest BCUT2D eigenvalue weighted by atomic mass is 16.3. The molecule has 2 amide bonds. The number of aromatic hydroxyl groups is 1. The number of nitrogens with zero attached hydrogens (tertiary/aromatic N) is 5. The van der Waals surface area contributed by atoms with E-state index in [1.54, 1.807) is 18.2 Å². The van der Waals surface area contributed by atoms with Gasteiger partial charge in [-0.2, -0.15) is 0 Å². The Morgan fingerprint density at radius 1 is 0.865 bits per heavy atom. The highest BCUT2D eigenvalue weighted by molar-refractivity contribution is 6.23. The third-order valence-corrected chi connectivity index (χ3v) is 8.14. The Hall–Kier alpha value is -3.56. The summed E-state index contributed by atoms with van der Waals surface area (Å²) in [6.07, 6.45) is 7.92. The van der Waals surface area contributed by atoms with Gasteiger partial charge in [0.2, 0.25) is 11.6 Å². The van der Waals surface area contributed by atoms with Gasteiger partial charge in [-0.05, 0) is 50.7 Å². The highest BCUT2D eigenvalue weighted by Gasteiger charge is 2.40. The molecule has 1 aliphatic heterocycles. The van der Waals surface area contributed by atoms with E-state index in [-0.39, 0.29) is 46.5 Å². The molecule has 196 valence electrons. The highest BCUT2D eigenvalue weighted by Crippen LogP contribution is 2.37. The zero-order chi connectivity index (χ0) is 26.3. The molecule has 0 saturated heterocycles. The lowest BCUT2D eigenvalue weighted by molar-refractivity contribution is 0.0576. The predicted octanol–water partition coefficient (Wildman–Crippen LogP) is 5.15. The van der Waals surface area contributed by atoms with Crippen LogP contribution in [0.15, 0.2) is 38.0 Å². The molecule has 2 aliphatic carbocycles. The first-order chi connectivity index (χ1) is 17.9. The molecule has 0 atom stereocenters. The molecule has 1 aromatic heterocycles. The van der Waals surface area contributed by atoms with Crippen molar-refractivity contribution in [2.75, 3.05) is 0 Å². The van der Waals surface area contributed by atoms with Gasteiger partial charge in [0.25, 0.3) is 17.4 Å². The van der Waals surface area contributed by atoms with E-state index in [2.05, 4.69) is 10.2 Å². The van der Waals surface area contributed by atoms with Crippen molar-refractivity contribution in [2.45, 2.75) is 96.2 Å². The molecule has 1 N–H and O–H groups in total. The van der Waals surface area contributed by atoms with Crippen LogP contribution in [0.1, 0.15) is 111 Å². The van der Waals surface area contributed by atoms with E-state index in [0.717, 1.165) is 51.4 Å². The van der Waals surface area contributed by atoms with Gasteiger partial charge >= 0.3 is 5.69 Å². The van der Waals surface area contributed by atoms with Gasteiger partial charge in [-0.25, -0.2) is 4.79 Å². The Balaban J connectivity index is 1.61. The minimum absolute atomic E-state index is 0.142. The average Bonchev–Trinajstić information content (AvgIpc) is 3.65. The maximum atomic E-state index is 13.5. The van der Waals surface area contributed by atoms with Crippen LogP contribution in [0.25, 0.3) is 0 Å². The lowest BCUT2D eigenvalue weighted by Crippen LogP contribution is -2.42. The van der Waals surface area contributed by atoms with E-state index in [9.17, 15) is 24.3 Å². The second-order valence-corrected chi connectivity index (χ2v) is 10.2. The minimum atomic E-state index is -0.680. The van der Waals surface area contributed by atoms with E-state index >= 15 is 0 Å². The topological polar surface area (TPSA) is 126 Å². The van der Waals surface area contributed by atoms with Crippen molar-refractivity contribution in [3.63, 3.8) is 0 Å². The van der Waals surface area contributed by atoms with Gasteiger partial charge in [0.15, 0.2) is 0 Å². The zero-order valence-electron chi connectivity index (χ0n) is 21.4. The van der Waals surface area contributed by atoms with Crippen LogP contribution in [0, 0.1) is 0 Å². The second-order valence-electron chi connectivity index (χ2n) is 10.2. The van der Waals surface area contributed by atoms with Crippen molar-refractivity contribution in [1.82, 2.24) is 14.0 Å². The van der Waals surface area contributed by atoms with E-state index in [1.807, 2.05) is 13.8 Å². The molecule has 1 aromatic carbocycles. The minimum Gasteiger partial charge on any atom is -0.493 e. The first kappa shape index (κ1) is 25.1. The monoisotopic (exact) mass is 507 g/mol. The van der Waals surface area contributed by atoms with E-state index in [1.165, 1.54) is 14.0 Å². The predicted molar refractivity (Wildman–Crippen MR) is 137 cm³/mol. The number of amides is 2. The van der Waals surface area contributed by atoms with E-state index < -0.39 is 23.0 Å². The molecule has 0 spiro atoms. The van der Waals surface area contributed by atoms with Crippen molar-refractivity contribution in [1.29, 1.82) is 0 Å². The second kappa shape index (κ2) is 10.1. The van der Waals surface area contributed by atoms with Crippen molar-refractivity contribution >= 4 is 23.2 Å². The summed E-state index contributed by atoms with van der Waals surface area (Å²) in [5, 5.41) is 19.4. The molecular formula is C27H33N5O5. The summed E-state index contributed by atoms with van der Waals surface area (Å²) >= 11 is 0. The molecule has 0 radical (unpaired) electrons. The number of azo groups is 1. The van der Waals surface area contributed by atoms with Crippen LogP contribution >= 0.6 is 0 Å². The number of fused-ring (bicyclic) bond motifs is 1. The SMILES string of the molecule is CCC(CC)N1C(=O)c2cccc(N=Nc3c(O)n(C4CCCC4)c(=O)n(C4CCCC4)c3=O)c2C1=O. The Morgan fingerprint density at radius 2 is 1.46 bits per heavy atom. The van der Waals surface area contributed by atoms with Gasteiger partial charge in [-0.15, -0.1) is 10.2 Å². The molecule has 2 heterocycles. The molecule has 2 saturated carbocycles. The van der Waals surface area contributed by atoms with Crippen LogP contribution in [0.2, 0.25) is 0 Å². The largest absolute Gasteiger partial charge is 0.493 e. The summed E-state index contributed by atoms with van der Waals surface area (Å²) < 4.78 is 2.54. The molecule has 3 aliphatic rings. The van der Waals surface area contributed by atoms with Crippen molar-refractivity contribution in [3.8, 4) is 5.88 Å². The summed E-state index contributed by atoms with van der Waals surface area (Å²) in [7, 11) is 0. The average molecular weight is 508 g/mol. The number of aromatic nitrogens is 2. The van der Waals surface area contributed by atoms with Crippen molar-refractivity contribution in [2.24, 2.45) is 10.2 Å². The van der Waals surface area contributed by atoms with Gasteiger partial charge in [-0.3, -0.25) is 28.4 Å². The lowest BCUT2D eigenvalue weighted by atomic mass is 10.1. The fourth-order valence-corrected chi connectivity index (χ4v) is 6.14. The van der Waals surface area contributed by atoms with Crippen LogP contribution in [-0.2, 0) is 0 Å². The molecular weight excluding hydrogens is 474 g/mol. The number of rotatable bonds is 7. The molecule has 0 bridgehead atoms. The molecule has 10 nitrogen and oxygen atoms in total. The van der Waals surface area contributed by atoms with Crippen LogP contribution < -0.4 is 11.2 Å². The number of imide groups is 1. The van der Waals surface area contributed by atoms with Gasteiger partial charge in [0.05, 0.1) is 16.8 Å². The molecule has 2 fully saturated rings. The standard InChI is InChI=1S/C27H33N5O5/c1-3-16(4-2)30-23(33)19-14-9-15-20(21(19)24(30)34)28-29-22-25(35)31(17-10-5-6-11-17)27(37)32(26(22)36)18-12-7-8-13-18/h9,14-18,35H,3-8,10-13H2,1-2H3. The van der Waals surface area contributed by atoms with Crippen LogP contribution in [0.3, 0.4) is 0 Å². The molecule has 0 unspecified atom stereocenters. The number of hydrogen-bond donors (Lipinski definition) is 1. The zero-order valence-corrected chi connectivity index (χ0v) is 21.4. The Kier molecular flexibility index (Phi) is 6.83. The molecule has 2 aromatic rings. The fraction of sp³-hybridized carbons (Fsp3) is 0.556. The quantitative estimate of drug-likeness (QED) is 0.410. The van der Waals surface area contributed by atoms with Crippen molar-refractivity contribution in [3.05, 3.63) is 50.2 Å². The summed E-state index contributed by atoms with van der Waals surface area (Å²) in [6.45, 7) is 3.85. The Labute approximate surface area is 214 Å². The summed E-state index contributed by atoms with van der Waals surface area (Å²) in [5.41, 5.74) is -0.957. The van der Waals surface area contributed by atoms with Gasteiger partial charge < -0.3 is 5.11 Å². The van der Waals surface area contributed by atoms with E-state index in [0.29, 0.717) is 12.8 Å². The van der Waals surface area contributed by atoms with Gasteiger partial charge in [0, 0.05) is 18.1 Å². The first-order valence-corrected chi connectivity index (χ1v) is 13.4. The van der Waals surface area contributed by atoms with Crippen LogP contribution in [0.4, 0.5) is 11.4 Å².